The van der Waals surface area contributed by atoms with E-state index < -0.39 is 5.60 Å². The molecule has 0 heterocycles. The fraction of sp³-hybridized carbons (Fsp3) is 0.417. The number of hydrogen-bond donors (Lipinski definition) is 1. The zero-order valence-electron chi connectivity index (χ0n) is 8.90. The summed E-state index contributed by atoms with van der Waals surface area (Å²) in [6, 6.07) is 10.2. The van der Waals surface area contributed by atoms with Crippen molar-refractivity contribution in [1.29, 1.82) is 0 Å². The molecule has 2 nitrogen and oxygen atoms in total. The van der Waals surface area contributed by atoms with Crippen molar-refractivity contribution in [3.63, 3.8) is 0 Å². The highest BCUT2D eigenvalue weighted by Gasteiger charge is 2.15. The Bertz CT molecular complexity index is 263. The van der Waals surface area contributed by atoms with Gasteiger partial charge in [0, 0.05) is 13.1 Å². The highest BCUT2D eigenvalue weighted by Crippen LogP contribution is 2.07. The molecule has 0 saturated carbocycles. The van der Waals surface area contributed by atoms with Crippen LogP contribution in [0, 0.1) is 6.92 Å². The maximum atomic E-state index is 9.51. The van der Waals surface area contributed by atoms with E-state index in [1.54, 1.807) is 6.92 Å². The number of nitrogens with zero attached hydrogens (tertiary/aromatic N) is 1. The molecule has 1 aromatic carbocycles. The van der Waals surface area contributed by atoms with Gasteiger partial charge < -0.3 is 5.11 Å². The van der Waals surface area contributed by atoms with Crippen LogP contribution in [0.1, 0.15) is 12.5 Å². The highest BCUT2D eigenvalue weighted by atomic mass is 16.3. The minimum absolute atomic E-state index is 0.571. The SMILES string of the molecule is [CH2][C@@](C)(O)CN(C)Cc1ccccc1. The average molecular weight is 192 g/mol. The molecule has 1 atom stereocenters. The minimum atomic E-state index is -0.871. The molecule has 1 aromatic rings. The fourth-order valence-corrected chi connectivity index (χ4v) is 1.53. The van der Waals surface area contributed by atoms with Gasteiger partial charge in [0.2, 0.25) is 0 Å². The van der Waals surface area contributed by atoms with E-state index in [4.69, 9.17) is 0 Å². The first kappa shape index (κ1) is 11.2. The summed E-state index contributed by atoms with van der Waals surface area (Å²) in [6.45, 7) is 6.79. The molecular formula is C12H18NO. The van der Waals surface area contributed by atoms with E-state index in [0.717, 1.165) is 6.54 Å². The molecular weight excluding hydrogens is 174 g/mol. The molecule has 0 spiro atoms. The smallest absolute Gasteiger partial charge is 0.0747 e. The normalized spacial score (nSPS) is 12.1. The first-order valence-electron chi connectivity index (χ1n) is 4.77. The lowest BCUT2D eigenvalue weighted by Crippen LogP contribution is -2.36. The summed E-state index contributed by atoms with van der Waals surface area (Å²) >= 11 is 0. The van der Waals surface area contributed by atoms with Crippen LogP contribution >= 0.6 is 0 Å². The first-order chi connectivity index (χ1) is 6.47. The quantitative estimate of drug-likeness (QED) is 0.785. The highest BCUT2D eigenvalue weighted by molar-refractivity contribution is 5.14. The van der Waals surface area contributed by atoms with Crippen molar-refractivity contribution in [2.45, 2.75) is 19.1 Å². The second-order valence-corrected chi connectivity index (χ2v) is 4.15. The van der Waals surface area contributed by atoms with Crippen LogP contribution < -0.4 is 0 Å². The van der Waals surface area contributed by atoms with Gasteiger partial charge in [0.1, 0.15) is 0 Å². The van der Waals surface area contributed by atoms with Crippen LogP contribution in [0.25, 0.3) is 0 Å². The minimum Gasteiger partial charge on any atom is -0.389 e. The first-order valence-corrected chi connectivity index (χ1v) is 4.77. The summed E-state index contributed by atoms with van der Waals surface area (Å²) in [7, 11) is 1.98. The summed E-state index contributed by atoms with van der Waals surface area (Å²) in [5, 5.41) is 9.51. The van der Waals surface area contributed by atoms with Gasteiger partial charge in [-0.05, 0) is 26.5 Å². The second-order valence-electron chi connectivity index (χ2n) is 4.15. The van der Waals surface area contributed by atoms with Crippen LogP contribution in [-0.4, -0.2) is 29.2 Å². The molecule has 0 unspecified atom stereocenters. The topological polar surface area (TPSA) is 23.5 Å². The van der Waals surface area contributed by atoms with Crippen molar-refractivity contribution in [1.82, 2.24) is 4.90 Å². The zero-order chi connectivity index (χ0) is 10.6. The molecule has 77 valence electrons. The van der Waals surface area contributed by atoms with Gasteiger partial charge in [-0.1, -0.05) is 30.3 Å². The Kier molecular flexibility index (Phi) is 3.67. The monoisotopic (exact) mass is 192 g/mol. The van der Waals surface area contributed by atoms with Crippen LogP contribution in [-0.2, 0) is 6.54 Å². The summed E-state index contributed by atoms with van der Waals surface area (Å²) in [6.07, 6.45) is 0. The van der Waals surface area contributed by atoms with Crippen molar-refractivity contribution in [3.8, 4) is 0 Å². The predicted octanol–water partition coefficient (Wildman–Crippen LogP) is 1.70. The van der Waals surface area contributed by atoms with Gasteiger partial charge in [-0.3, -0.25) is 4.90 Å². The van der Waals surface area contributed by atoms with Crippen molar-refractivity contribution < 1.29 is 5.11 Å². The molecule has 1 N–H and O–H groups in total. The van der Waals surface area contributed by atoms with Crippen LogP contribution in [0.5, 0.6) is 0 Å². The third kappa shape index (κ3) is 4.40. The molecule has 1 radical (unpaired) electrons. The lowest BCUT2D eigenvalue weighted by atomic mass is 10.1. The summed E-state index contributed by atoms with van der Waals surface area (Å²) in [5.74, 6) is 0. The van der Waals surface area contributed by atoms with Gasteiger partial charge in [0.25, 0.3) is 0 Å². The Morgan fingerprint density at radius 2 is 1.93 bits per heavy atom. The zero-order valence-corrected chi connectivity index (χ0v) is 8.90. The fourth-order valence-electron chi connectivity index (χ4n) is 1.53. The third-order valence-corrected chi connectivity index (χ3v) is 1.91. The molecule has 0 amide bonds. The molecule has 0 fully saturated rings. The molecule has 1 rings (SSSR count). The van der Waals surface area contributed by atoms with E-state index in [0.29, 0.717) is 6.54 Å². The molecule has 0 saturated heterocycles. The van der Waals surface area contributed by atoms with E-state index in [1.165, 1.54) is 5.56 Å². The largest absolute Gasteiger partial charge is 0.389 e. The van der Waals surface area contributed by atoms with Gasteiger partial charge in [0.05, 0.1) is 5.60 Å². The lowest BCUT2D eigenvalue weighted by molar-refractivity contribution is 0.0664. The van der Waals surface area contributed by atoms with Crippen molar-refractivity contribution in [3.05, 3.63) is 42.8 Å². The Morgan fingerprint density at radius 1 is 1.36 bits per heavy atom. The lowest BCUT2D eigenvalue weighted by Gasteiger charge is -2.25. The van der Waals surface area contributed by atoms with E-state index in [2.05, 4.69) is 24.0 Å². The Hall–Kier alpha value is -0.860. The van der Waals surface area contributed by atoms with Crippen molar-refractivity contribution in [2.24, 2.45) is 0 Å². The van der Waals surface area contributed by atoms with Crippen LogP contribution in [0.2, 0.25) is 0 Å². The van der Waals surface area contributed by atoms with Crippen molar-refractivity contribution in [2.75, 3.05) is 13.6 Å². The second kappa shape index (κ2) is 4.58. The summed E-state index contributed by atoms with van der Waals surface area (Å²) < 4.78 is 0. The van der Waals surface area contributed by atoms with Crippen LogP contribution in [0.4, 0.5) is 0 Å². The molecule has 0 aliphatic rings. The van der Waals surface area contributed by atoms with E-state index in [9.17, 15) is 5.11 Å². The molecule has 0 aliphatic heterocycles. The van der Waals surface area contributed by atoms with E-state index >= 15 is 0 Å². The molecule has 0 bridgehead atoms. The van der Waals surface area contributed by atoms with E-state index in [-0.39, 0.29) is 0 Å². The average Bonchev–Trinajstić information content (AvgIpc) is 2.02. The maximum absolute atomic E-state index is 9.51. The maximum Gasteiger partial charge on any atom is 0.0747 e. The molecule has 0 aliphatic carbocycles. The Balaban J connectivity index is 2.46. The van der Waals surface area contributed by atoms with Crippen molar-refractivity contribution >= 4 is 0 Å². The summed E-state index contributed by atoms with van der Waals surface area (Å²) in [4.78, 5) is 2.06. The molecule has 2 heteroatoms. The third-order valence-electron chi connectivity index (χ3n) is 1.91. The number of rotatable bonds is 4. The standard InChI is InChI=1S/C12H18NO/c1-12(2,14)10-13(3)9-11-7-5-4-6-8-11/h4-8,14H,1,9-10H2,2-3H3/t12-/m0/s1. The van der Waals surface area contributed by atoms with Gasteiger partial charge in [-0.15, -0.1) is 0 Å². The summed E-state index contributed by atoms with van der Waals surface area (Å²) in [5.41, 5.74) is 0.378. The van der Waals surface area contributed by atoms with Gasteiger partial charge in [0.15, 0.2) is 0 Å². The number of aliphatic hydroxyl groups is 1. The number of likely N-dealkylation sites (N-methyl/N-ethyl adjacent to an activating group) is 1. The predicted molar refractivity (Wildman–Crippen MR) is 58.8 cm³/mol. The molecule has 14 heavy (non-hydrogen) atoms. The number of hydrogen-bond acceptors (Lipinski definition) is 2. The Morgan fingerprint density at radius 3 is 2.43 bits per heavy atom. The van der Waals surface area contributed by atoms with E-state index in [1.807, 2.05) is 25.2 Å². The number of benzene rings is 1. The van der Waals surface area contributed by atoms with Gasteiger partial charge >= 0.3 is 0 Å². The van der Waals surface area contributed by atoms with Crippen LogP contribution in [0.3, 0.4) is 0 Å². The van der Waals surface area contributed by atoms with Crippen LogP contribution in [0.15, 0.2) is 30.3 Å². The van der Waals surface area contributed by atoms with Gasteiger partial charge in [-0.2, -0.15) is 0 Å². The molecule has 0 aromatic heterocycles. The van der Waals surface area contributed by atoms with Gasteiger partial charge in [-0.25, -0.2) is 0 Å². The Labute approximate surface area is 86.2 Å².